The molecule has 2 heteroatoms. The molecule has 0 radical (unpaired) electrons. The number of hydrogen-bond donors (Lipinski definition) is 1. The molecule has 0 aromatic heterocycles. The van der Waals surface area contributed by atoms with Gasteiger partial charge in [0, 0.05) is 5.75 Å². The van der Waals surface area contributed by atoms with Gasteiger partial charge in [-0.25, -0.2) is 0 Å². The maximum atomic E-state index is 5.49. The summed E-state index contributed by atoms with van der Waals surface area (Å²) in [4.78, 5) is 0. The van der Waals surface area contributed by atoms with E-state index >= 15 is 0 Å². The molecule has 0 unspecified atom stereocenters. The van der Waals surface area contributed by atoms with E-state index in [4.69, 9.17) is 5.73 Å². The van der Waals surface area contributed by atoms with E-state index in [1.807, 2.05) is 11.8 Å². The fraction of sp³-hybridized carbons (Fsp3) is 0.286. The monoisotopic (exact) mass is 231 g/mol. The topological polar surface area (TPSA) is 26.0 Å². The normalized spacial score (nSPS) is 10.8. The average molecular weight is 231 g/mol. The van der Waals surface area contributed by atoms with Crippen LogP contribution >= 0.6 is 11.8 Å². The minimum absolute atomic E-state index is 0.794. The molecule has 0 fully saturated rings. The second kappa shape index (κ2) is 5.92. The van der Waals surface area contributed by atoms with Gasteiger partial charge in [0.05, 0.1) is 0 Å². The van der Waals surface area contributed by atoms with E-state index in [-0.39, 0.29) is 0 Å². The Hall–Kier alpha value is -0.990. The first-order valence-electron chi connectivity index (χ1n) is 5.66. The molecular weight excluding hydrogens is 214 g/mol. The molecule has 0 amide bonds. The van der Waals surface area contributed by atoms with Crippen molar-refractivity contribution in [2.75, 3.05) is 12.3 Å². The van der Waals surface area contributed by atoms with Crippen LogP contribution in [-0.4, -0.2) is 12.3 Å². The van der Waals surface area contributed by atoms with Gasteiger partial charge in [-0.15, -0.1) is 0 Å². The standard InChI is InChI=1S/C14H17NS/c15-9-4-10-16-11-13-7-3-6-12-5-1-2-8-14(12)13/h1-3,5-8H,4,9-11,15H2. The molecule has 1 nitrogen and oxygen atoms in total. The van der Waals surface area contributed by atoms with Crippen LogP contribution in [0, 0.1) is 0 Å². The predicted molar refractivity (Wildman–Crippen MR) is 73.8 cm³/mol. The first-order chi connectivity index (χ1) is 7.92. The molecule has 0 spiro atoms. The molecule has 84 valence electrons. The van der Waals surface area contributed by atoms with Crippen molar-refractivity contribution in [1.82, 2.24) is 0 Å². The summed E-state index contributed by atoms with van der Waals surface area (Å²) in [5.74, 6) is 2.24. The van der Waals surface area contributed by atoms with Crippen LogP contribution < -0.4 is 5.73 Å². The smallest absolute Gasteiger partial charge is 0.0190 e. The van der Waals surface area contributed by atoms with Gasteiger partial charge in [0.25, 0.3) is 0 Å². The van der Waals surface area contributed by atoms with Crippen LogP contribution in [0.4, 0.5) is 0 Å². The molecule has 0 saturated heterocycles. The van der Waals surface area contributed by atoms with E-state index in [0.717, 1.165) is 24.5 Å². The minimum Gasteiger partial charge on any atom is -0.330 e. The third-order valence-corrected chi connectivity index (χ3v) is 3.72. The van der Waals surface area contributed by atoms with Gasteiger partial charge in [0.2, 0.25) is 0 Å². The molecule has 16 heavy (non-hydrogen) atoms. The molecule has 2 rings (SSSR count). The average Bonchev–Trinajstić information content (AvgIpc) is 2.35. The zero-order chi connectivity index (χ0) is 11.2. The van der Waals surface area contributed by atoms with E-state index in [2.05, 4.69) is 42.5 Å². The maximum absolute atomic E-state index is 5.49. The number of rotatable bonds is 5. The summed E-state index contributed by atoms with van der Waals surface area (Å²) in [5.41, 5.74) is 6.92. The van der Waals surface area contributed by atoms with Gasteiger partial charge in [-0.2, -0.15) is 11.8 Å². The summed E-state index contributed by atoms with van der Waals surface area (Å²) in [5, 5.41) is 2.71. The Kier molecular flexibility index (Phi) is 4.25. The summed E-state index contributed by atoms with van der Waals surface area (Å²) >= 11 is 1.97. The van der Waals surface area contributed by atoms with E-state index < -0.39 is 0 Å². The van der Waals surface area contributed by atoms with Crippen molar-refractivity contribution in [3.63, 3.8) is 0 Å². The molecule has 0 aliphatic rings. The van der Waals surface area contributed by atoms with Crippen LogP contribution in [0.15, 0.2) is 42.5 Å². The van der Waals surface area contributed by atoms with Gasteiger partial charge in [-0.05, 0) is 35.1 Å². The highest BCUT2D eigenvalue weighted by atomic mass is 32.2. The SMILES string of the molecule is NCCCSCc1cccc2ccccc12. The second-order valence-electron chi connectivity index (χ2n) is 3.83. The zero-order valence-corrected chi connectivity index (χ0v) is 10.2. The molecule has 0 aliphatic carbocycles. The third-order valence-electron chi connectivity index (χ3n) is 2.63. The second-order valence-corrected chi connectivity index (χ2v) is 4.94. The third kappa shape index (κ3) is 2.77. The maximum Gasteiger partial charge on any atom is 0.0190 e. The first kappa shape index (κ1) is 11.5. The molecule has 2 aromatic rings. The van der Waals surface area contributed by atoms with Crippen LogP contribution in [0.3, 0.4) is 0 Å². The number of hydrogen-bond acceptors (Lipinski definition) is 2. The number of fused-ring (bicyclic) bond motifs is 1. The van der Waals surface area contributed by atoms with E-state index in [1.54, 1.807) is 0 Å². The highest BCUT2D eigenvalue weighted by Gasteiger charge is 1.99. The van der Waals surface area contributed by atoms with Crippen molar-refractivity contribution in [1.29, 1.82) is 0 Å². The number of nitrogens with two attached hydrogens (primary N) is 1. The summed E-state index contributed by atoms with van der Waals surface area (Å²) in [6.45, 7) is 0.794. The van der Waals surface area contributed by atoms with Gasteiger partial charge in [0.15, 0.2) is 0 Å². The predicted octanol–water partition coefficient (Wildman–Crippen LogP) is 3.42. The summed E-state index contributed by atoms with van der Waals surface area (Å²) < 4.78 is 0. The summed E-state index contributed by atoms with van der Waals surface area (Å²) in [6, 6.07) is 15.1. The molecule has 0 atom stereocenters. The van der Waals surface area contributed by atoms with Gasteiger partial charge < -0.3 is 5.73 Å². The lowest BCUT2D eigenvalue weighted by atomic mass is 10.1. The van der Waals surface area contributed by atoms with E-state index in [9.17, 15) is 0 Å². The van der Waals surface area contributed by atoms with Crippen molar-refractivity contribution in [2.24, 2.45) is 5.73 Å². The zero-order valence-electron chi connectivity index (χ0n) is 9.36. The Morgan fingerprint density at radius 1 is 1.00 bits per heavy atom. The minimum atomic E-state index is 0.794. The Bertz CT molecular complexity index is 448. The van der Waals surface area contributed by atoms with Gasteiger partial charge >= 0.3 is 0 Å². The van der Waals surface area contributed by atoms with Gasteiger partial charge in [0.1, 0.15) is 0 Å². The van der Waals surface area contributed by atoms with Crippen LogP contribution in [0.1, 0.15) is 12.0 Å². The molecular formula is C14H17NS. The van der Waals surface area contributed by atoms with Crippen molar-refractivity contribution < 1.29 is 0 Å². The van der Waals surface area contributed by atoms with Crippen molar-refractivity contribution in [3.8, 4) is 0 Å². The largest absolute Gasteiger partial charge is 0.330 e. The van der Waals surface area contributed by atoms with E-state index in [0.29, 0.717) is 0 Å². The lowest BCUT2D eigenvalue weighted by Gasteiger charge is -2.05. The molecule has 0 heterocycles. The Balaban J connectivity index is 2.11. The first-order valence-corrected chi connectivity index (χ1v) is 6.82. The Morgan fingerprint density at radius 2 is 1.81 bits per heavy atom. The quantitative estimate of drug-likeness (QED) is 0.798. The fourth-order valence-electron chi connectivity index (χ4n) is 1.79. The van der Waals surface area contributed by atoms with Crippen molar-refractivity contribution >= 4 is 22.5 Å². The lowest BCUT2D eigenvalue weighted by Crippen LogP contribution is -1.99. The van der Waals surface area contributed by atoms with Crippen LogP contribution in [-0.2, 0) is 5.75 Å². The highest BCUT2D eigenvalue weighted by Crippen LogP contribution is 2.22. The van der Waals surface area contributed by atoms with E-state index in [1.165, 1.54) is 16.3 Å². The summed E-state index contributed by atoms with van der Waals surface area (Å²) in [7, 11) is 0. The molecule has 0 bridgehead atoms. The summed E-state index contributed by atoms with van der Waals surface area (Å²) in [6.07, 6.45) is 1.11. The number of benzene rings is 2. The molecule has 2 aromatic carbocycles. The van der Waals surface area contributed by atoms with Gasteiger partial charge in [-0.3, -0.25) is 0 Å². The van der Waals surface area contributed by atoms with Crippen LogP contribution in [0.5, 0.6) is 0 Å². The lowest BCUT2D eigenvalue weighted by molar-refractivity contribution is 0.943. The fourth-order valence-corrected chi connectivity index (χ4v) is 2.77. The molecule has 0 aliphatic heterocycles. The Morgan fingerprint density at radius 3 is 2.69 bits per heavy atom. The Labute approximate surface area is 101 Å². The van der Waals surface area contributed by atoms with Gasteiger partial charge in [-0.1, -0.05) is 42.5 Å². The van der Waals surface area contributed by atoms with Crippen molar-refractivity contribution in [3.05, 3.63) is 48.0 Å². The molecule has 2 N–H and O–H groups in total. The van der Waals surface area contributed by atoms with Crippen LogP contribution in [0.25, 0.3) is 10.8 Å². The number of thioether (sulfide) groups is 1. The highest BCUT2D eigenvalue weighted by molar-refractivity contribution is 7.98. The molecule has 0 saturated carbocycles. The van der Waals surface area contributed by atoms with Crippen molar-refractivity contribution in [2.45, 2.75) is 12.2 Å². The van der Waals surface area contributed by atoms with Crippen LogP contribution in [0.2, 0.25) is 0 Å².